The molecule has 2 rings (SSSR count). The lowest BCUT2D eigenvalue weighted by atomic mass is 10.0. The Morgan fingerprint density at radius 1 is 1.36 bits per heavy atom. The maximum atomic E-state index is 11.9. The molecule has 0 bridgehead atoms. The molecule has 1 fully saturated rings. The number of piperidine rings is 1. The predicted octanol–water partition coefficient (Wildman–Crippen LogP) is 0.463. The van der Waals surface area contributed by atoms with Crippen LogP contribution in [0.5, 0.6) is 0 Å². The number of anilines is 1. The van der Waals surface area contributed by atoms with Gasteiger partial charge in [-0.25, -0.2) is 9.97 Å². The average Bonchev–Trinajstić information content (AvgIpc) is 2.54. The molecule has 2 heterocycles. The van der Waals surface area contributed by atoms with Crippen LogP contribution >= 0.6 is 0 Å². The minimum absolute atomic E-state index is 0.0116. The van der Waals surface area contributed by atoms with Crippen LogP contribution in [-0.4, -0.2) is 40.9 Å². The van der Waals surface area contributed by atoms with Crippen LogP contribution in [0, 0.1) is 5.92 Å². The minimum atomic E-state index is -0.357. The molecule has 7 heteroatoms. The first-order valence-corrected chi connectivity index (χ1v) is 7.67. The first-order chi connectivity index (χ1) is 10.6. The predicted molar refractivity (Wildman–Crippen MR) is 83.0 cm³/mol. The Kier molecular flexibility index (Phi) is 5.68. The Hall–Kier alpha value is -2.18. The van der Waals surface area contributed by atoms with Crippen LogP contribution in [-0.2, 0) is 9.59 Å². The molecule has 0 unspecified atom stereocenters. The van der Waals surface area contributed by atoms with Gasteiger partial charge in [0.25, 0.3) is 0 Å². The highest BCUT2D eigenvalue weighted by Gasteiger charge is 2.22. The summed E-state index contributed by atoms with van der Waals surface area (Å²) in [5.74, 6) is 0.108. The molecule has 1 aromatic rings. The first-order valence-electron chi connectivity index (χ1n) is 7.67. The third-order valence-corrected chi connectivity index (χ3v) is 3.99. The molecule has 0 saturated carbocycles. The van der Waals surface area contributed by atoms with Gasteiger partial charge in [0, 0.05) is 43.9 Å². The van der Waals surface area contributed by atoms with Gasteiger partial charge in [0.2, 0.25) is 17.8 Å². The van der Waals surface area contributed by atoms with Crippen molar-refractivity contribution in [3.8, 4) is 0 Å². The average molecular weight is 305 g/mol. The van der Waals surface area contributed by atoms with E-state index in [9.17, 15) is 9.59 Å². The number of nitrogens with two attached hydrogens (primary N) is 1. The van der Waals surface area contributed by atoms with Gasteiger partial charge < -0.3 is 16.0 Å². The molecule has 1 aromatic heterocycles. The lowest BCUT2D eigenvalue weighted by Crippen LogP contribution is -2.45. The van der Waals surface area contributed by atoms with Gasteiger partial charge in [-0.05, 0) is 25.3 Å². The van der Waals surface area contributed by atoms with E-state index < -0.39 is 0 Å². The normalized spacial score (nSPS) is 17.0. The van der Waals surface area contributed by atoms with E-state index >= 15 is 0 Å². The van der Waals surface area contributed by atoms with Gasteiger partial charge in [0.1, 0.15) is 0 Å². The molecule has 3 N–H and O–H groups in total. The topological polar surface area (TPSA) is 101 Å². The van der Waals surface area contributed by atoms with E-state index in [-0.39, 0.29) is 23.8 Å². The summed E-state index contributed by atoms with van der Waals surface area (Å²) in [7, 11) is 0. The van der Waals surface area contributed by atoms with Crippen molar-refractivity contribution in [2.45, 2.75) is 38.6 Å². The molecular weight excluding hydrogens is 282 g/mol. The summed E-state index contributed by atoms with van der Waals surface area (Å²) in [5.41, 5.74) is 5.19. The Labute approximate surface area is 130 Å². The van der Waals surface area contributed by atoms with Crippen molar-refractivity contribution in [1.82, 2.24) is 15.3 Å². The highest BCUT2D eigenvalue weighted by atomic mass is 16.2. The van der Waals surface area contributed by atoms with Gasteiger partial charge in [-0.15, -0.1) is 0 Å². The molecule has 22 heavy (non-hydrogen) atoms. The number of rotatable bonds is 6. The smallest absolute Gasteiger partial charge is 0.225 e. The zero-order chi connectivity index (χ0) is 15.9. The second-order valence-electron chi connectivity index (χ2n) is 5.72. The highest BCUT2D eigenvalue weighted by molar-refractivity contribution is 5.79. The lowest BCUT2D eigenvalue weighted by molar-refractivity contribution is -0.123. The number of amides is 2. The van der Waals surface area contributed by atoms with Crippen LogP contribution in [0.25, 0.3) is 0 Å². The van der Waals surface area contributed by atoms with E-state index in [2.05, 4.69) is 20.2 Å². The Balaban J connectivity index is 1.71. The van der Waals surface area contributed by atoms with Crippen LogP contribution in [0.4, 0.5) is 5.95 Å². The van der Waals surface area contributed by atoms with E-state index in [0.29, 0.717) is 12.8 Å². The molecule has 0 spiro atoms. The summed E-state index contributed by atoms with van der Waals surface area (Å²) in [5, 5.41) is 3.03. The van der Waals surface area contributed by atoms with Crippen molar-refractivity contribution in [2.24, 2.45) is 11.7 Å². The molecule has 1 saturated heterocycles. The molecular formula is C15H23N5O2. The molecule has 0 aliphatic carbocycles. The molecule has 0 aromatic carbocycles. The lowest BCUT2D eigenvalue weighted by Gasteiger charge is -2.32. The molecule has 120 valence electrons. The van der Waals surface area contributed by atoms with E-state index in [4.69, 9.17) is 5.73 Å². The summed E-state index contributed by atoms with van der Waals surface area (Å²) < 4.78 is 0. The van der Waals surface area contributed by atoms with Crippen LogP contribution in [0.2, 0.25) is 0 Å². The van der Waals surface area contributed by atoms with E-state index in [1.165, 1.54) is 0 Å². The van der Waals surface area contributed by atoms with Gasteiger partial charge in [-0.3, -0.25) is 9.59 Å². The number of hydrogen-bond acceptors (Lipinski definition) is 5. The number of carbonyl (C=O) groups excluding carboxylic acids is 2. The van der Waals surface area contributed by atoms with Gasteiger partial charge in [-0.1, -0.05) is 6.92 Å². The van der Waals surface area contributed by atoms with E-state index in [0.717, 1.165) is 31.9 Å². The van der Waals surface area contributed by atoms with Crippen LogP contribution < -0.4 is 16.0 Å². The fourth-order valence-electron chi connectivity index (χ4n) is 2.47. The Morgan fingerprint density at radius 3 is 2.59 bits per heavy atom. The molecule has 7 nitrogen and oxygen atoms in total. The SMILES string of the molecule is C[C@@H](CCC(=O)NC1CCN(c2ncccn2)CC1)C(N)=O. The zero-order valence-electron chi connectivity index (χ0n) is 12.9. The first kappa shape index (κ1) is 16.2. The number of aromatic nitrogens is 2. The summed E-state index contributed by atoms with van der Waals surface area (Å²) in [6.07, 6.45) is 6.04. The number of nitrogens with zero attached hydrogens (tertiary/aromatic N) is 3. The van der Waals surface area contributed by atoms with Crippen molar-refractivity contribution in [2.75, 3.05) is 18.0 Å². The fraction of sp³-hybridized carbons (Fsp3) is 0.600. The third-order valence-electron chi connectivity index (χ3n) is 3.99. The largest absolute Gasteiger partial charge is 0.369 e. The molecule has 1 atom stereocenters. The van der Waals surface area contributed by atoms with Crippen molar-refractivity contribution in [3.05, 3.63) is 18.5 Å². The van der Waals surface area contributed by atoms with Crippen molar-refractivity contribution in [3.63, 3.8) is 0 Å². The van der Waals surface area contributed by atoms with Crippen molar-refractivity contribution in [1.29, 1.82) is 0 Å². The van der Waals surface area contributed by atoms with E-state index in [1.54, 1.807) is 25.4 Å². The quantitative estimate of drug-likeness (QED) is 0.795. The van der Waals surface area contributed by atoms with Gasteiger partial charge in [-0.2, -0.15) is 0 Å². The zero-order valence-corrected chi connectivity index (χ0v) is 12.9. The van der Waals surface area contributed by atoms with Crippen LogP contribution in [0.1, 0.15) is 32.6 Å². The molecule has 2 amide bonds. The number of primary amides is 1. The van der Waals surface area contributed by atoms with Gasteiger partial charge in [0.05, 0.1) is 0 Å². The molecule has 1 aliphatic rings. The summed E-state index contributed by atoms with van der Waals surface area (Å²) in [4.78, 5) is 33.4. The maximum Gasteiger partial charge on any atom is 0.225 e. The summed E-state index contributed by atoms with van der Waals surface area (Å²) in [6.45, 7) is 3.40. The summed E-state index contributed by atoms with van der Waals surface area (Å²) >= 11 is 0. The summed E-state index contributed by atoms with van der Waals surface area (Å²) in [6, 6.07) is 1.97. The van der Waals surface area contributed by atoms with Crippen LogP contribution in [0.3, 0.4) is 0 Å². The van der Waals surface area contributed by atoms with Gasteiger partial charge in [0.15, 0.2) is 0 Å². The Morgan fingerprint density at radius 2 is 2.00 bits per heavy atom. The van der Waals surface area contributed by atoms with Crippen LogP contribution in [0.15, 0.2) is 18.5 Å². The van der Waals surface area contributed by atoms with E-state index in [1.807, 2.05) is 0 Å². The van der Waals surface area contributed by atoms with Crippen molar-refractivity contribution < 1.29 is 9.59 Å². The van der Waals surface area contributed by atoms with Gasteiger partial charge >= 0.3 is 0 Å². The second-order valence-corrected chi connectivity index (χ2v) is 5.72. The third kappa shape index (κ3) is 4.68. The number of carbonyl (C=O) groups is 2. The van der Waals surface area contributed by atoms with Crippen molar-refractivity contribution >= 4 is 17.8 Å². The number of nitrogens with one attached hydrogen (secondary N) is 1. The second kappa shape index (κ2) is 7.72. The fourth-order valence-corrected chi connectivity index (χ4v) is 2.47. The number of hydrogen-bond donors (Lipinski definition) is 2. The maximum absolute atomic E-state index is 11.9. The minimum Gasteiger partial charge on any atom is -0.369 e. The molecule has 0 radical (unpaired) electrons. The Bertz CT molecular complexity index is 500. The highest BCUT2D eigenvalue weighted by Crippen LogP contribution is 2.15. The monoisotopic (exact) mass is 305 g/mol. The standard InChI is InChI=1S/C15H23N5O2/c1-11(14(16)22)3-4-13(21)19-12-5-9-20(10-6-12)15-17-7-2-8-18-15/h2,7-8,11-12H,3-6,9-10H2,1H3,(H2,16,22)(H,19,21)/t11-/m0/s1. The molecule has 1 aliphatic heterocycles.